The molecule has 1 heterocycles. The highest BCUT2D eigenvalue weighted by molar-refractivity contribution is 14.0. The van der Waals surface area contributed by atoms with Crippen molar-refractivity contribution in [1.82, 2.24) is 20.4 Å². The van der Waals surface area contributed by atoms with Gasteiger partial charge in [0.1, 0.15) is 5.82 Å². The van der Waals surface area contributed by atoms with Gasteiger partial charge in [0, 0.05) is 43.1 Å². The van der Waals surface area contributed by atoms with Gasteiger partial charge in [-0.1, -0.05) is 29.8 Å². The van der Waals surface area contributed by atoms with Gasteiger partial charge >= 0.3 is 0 Å². The molecule has 3 rings (SSSR count). The largest absolute Gasteiger partial charge is 0.354 e. The number of nitrogens with one attached hydrogen (secondary N) is 2. The lowest BCUT2D eigenvalue weighted by Crippen LogP contribution is -2.40. The van der Waals surface area contributed by atoms with E-state index in [1.165, 1.54) is 6.07 Å². The van der Waals surface area contributed by atoms with Crippen LogP contribution in [-0.2, 0) is 6.54 Å². The molecule has 0 bridgehead atoms. The summed E-state index contributed by atoms with van der Waals surface area (Å²) in [5.41, 5.74) is 1.78. The fourth-order valence-corrected chi connectivity index (χ4v) is 2.99. The molecule has 2 aromatic carbocycles. The van der Waals surface area contributed by atoms with Crippen molar-refractivity contribution in [3.8, 4) is 6.07 Å². The van der Waals surface area contributed by atoms with Gasteiger partial charge in [-0.2, -0.15) is 10.4 Å². The van der Waals surface area contributed by atoms with E-state index in [0.29, 0.717) is 28.7 Å². The highest BCUT2D eigenvalue weighted by atomic mass is 127. The third-order valence-corrected chi connectivity index (χ3v) is 4.67. The quantitative estimate of drug-likeness (QED) is 0.281. The van der Waals surface area contributed by atoms with E-state index < -0.39 is 5.82 Å². The molecule has 3 aromatic rings. The first-order valence-corrected chi connectivity index (χ1v) is 9.36. The second-order valence-corrected chi connectivity index (χ2v) is 6.71. The van der Waals surface area contributed by atoms with Crippen molar-refractivity contribution in [3.05, 3.63) is 88.5 Å². The number of benzene rings is 2. The van der Waals surface area contributed by atoms with Gasteiger partial charge in [-0.3, -0.25) is 9.67 Å². The highest BCUT2D eigenvalue weighted by Gasteiger charge is 2.15. The van der Waals surface area contributed by atoms with Crippen LogP contribution in [0.3, 0.4) is 0 Å². The predicted molar refractivity (Wildman–Crippen MR) is 127 cm³/mol. The SMILES string of the molecule is CN=C(NCc1ccc(C#N)cc1F)NCC(c1ccc(Cl)cc1)n1cccn1.I. The summed E-state index contributed by atoms with van der Waals surface area (Å²) in [6.45, 7) is 0.753. The minimum Gasteiger partial charge on any atom is -0.354 e. The first-order chi connectivity index (χ1) is 14.1. The van der Waals surface area contributed by atoms with Crippen molar-refractivity contribution in [1.29, 1.82) is 5.26 Å². The molecule has 6 nitrogen and oxygen atoms in total. The van der Waals surface area contributed by atoms with Gasteiger partial charge in [-0.15, -0.1) is 24.0 Å². The van der Waals surface area contributed by atoms with E-state index in [1.807, 2.05) is 47.3 Å². The number of aliphatic imine (C=N–C) groups is 1. The topological polar surface area (TPSA) is 78.0 Å². The smallest absolute Gasteiger partial charge is 0.191 e. The molecule has 0 spiro atoms. The van der Waals surface area contributed by atoms with E-state index in [4.69, 9.17) is 16.9 Å². The lowest BCUT2D eigenvalue weighted by molar-refractivity contribution is 0.510. The molecule has 30 heavy (non-hydrogen) atoms. The van der Waals surface area contributed by atoms with E-state index in [-0.39, 0.29) is 36.6 Å². The molecule has 0 aliphatic rings. The molecule has 0 radical (unpaired) electrons. The van der Waals surface area contributed by atoms with Crippen molar-refractivity contribution in [2.24, 2.45) is 4.99 Å². The summed E-state index contributed by atoms with van der Waals surface area (Å²) in [7, 11) is 1.65. The molecule has 0 saturated heterocycles. The van der Waals surface area contributed by atoms with Crippen LogP contribution in [0.1, 0.15) is 22.7 Å². The summed E-state index contributed by atoms with van der Waals surface area (Å²) in [4.78, 5) is 4.20. The summed E-state index contributed by atoms with van der Waals surface area (Å²) in [6, 6.07) is 15.7. The fraction of sp³-hybridized carbons (Fsp3) is 0.190. The molecule has 1 aromatic heterocycles. The van der Waals surface area contributed by atoms with Gasteiger partial charge in [0.05, 0.1) is 17.7 Å². The average molecular weight is 539 g/mol. The standard InChI is InChI=1S/C21H20ClFN6.HI/c1-25-21(26-13-17-4-3-15(12-24)11-19(17)23)27-14-20(29-10-2-9-28-29)16-5-7-18(22)8-6-16;/h2-11,20H,13-14H2,1H3,(H2,25,26,27);1H. The molecular formula is C21H21ClFIN6. The van der Waals surface area contributed by atoms with E-state index in [1.54, 1.807) is 25.4 Å². The van der Waals surface area contributed by atoms with Crippen molar-refractivity contribution >= 4 is 41.5 Å². The Labute approximate surface area is 196 Å². The molecule has 9 heteroatoms. The monoisotopic (exact) mass is 538 g/mol. The van der Waals surface area contributed by atoms with Crippen LogP contribution in [0.25, 0.3) is 0 Å². The number of halogens is 3. The predicted octanol–water partition coefficient (Wildman–Crippen LogP) is 4.12. The molecule has 1 unspecified atom stereocenters. The number of hydrogen-bond acceptors (Lipinski definition) is 3. The molecule has 156 valence electrons. The number of nitrogens with zero attached hydrogens (tertiary/aromatic N) is 4. The normalized spacial score (nSPS) is 11.9. The Morgan fingerprint density at radius 3 is 2.63 bits per heavy atom. The van der Waals surface area contributed by atoms with Crippen LogP contribution in [0.4, 0.5) is 4.39 Å². The highest BCUT2D eigenvalue weighted by Crippen LogP contribution is 2.19. The van der Waals surface area contributed by atoms with Gasteiger partial charge < -0.3 is 10.6 Å². The maximum atomic E-state index is 14.1. The Morgan fingerprint density at radius 1 is 1.27 bits per heavy atom. The third kappa shape index (κ3) is 6.18. The van der Waals surface area contributed by atoms with Crippen LogP contribution in [0.15, 0.2) is 65.9 Å². The molecular weight excluding hydrogens is 518 g/mol. The Balaban J connectivity index is 0.00000320. The molecule has 1 atom stereocenters. The zero-order valence-corrected chi connectivity index (χ0v) is 19.3. The fourth-order valence-electron chi connectivity index (χ4n) is 2.87. The van der Waals surface area contributed by atoms with Crippen molar-refractivity contribution < 1.29 is 4.39 Å². The van der Waals surface area contributed by atoms with E-state index in [9.17, 15) is 4.39 Å². The van der Waals surface area contributed by atoms with Crippen LogP contribution >= 0.6 is 35.6 Å². The van der Waals surface area contributed by atoms with Gasteiger partial charge in [0.15, 0.2) is 5.96 Å². The number of guanidine groups is 1. The van der Waals surface area contributed by atoms with Crippen molar-refractivity contribution in [2.45, 2.75) is 12.6 Å². The Morgan fingerprint density at radius 2 is 2.03 bits per heavy atom. The summed E-state index contributed by atoms with van der Waals surface area (Å²) in [5.74, 6) is 0.0995. The summed E-state index contributed by atoms with van der Waals surface area (Å²) in [6.07, 6.45) is 3.62. The Bertz CT molecular complexity index is 1010. The van der Waals surface area contributed by atoms with Crippen LogP contribution < -0.4 is 10.6 Å². The molecule has 0 fully saturated rings. The number of nitriles is 1. The molecule has 0 aliphatic carbocycles. The minimum atomic E-state index is -0.428. The lowest BCUT2D eigenvalue weighted by atomic mass is 10.1. The Kier molecular flexibility index (Phi) is 9.08. The van der Waals surface area contributed by atoms with Crippen molar-refractivity contribution in [2.75, 3.05) is 13.6 Å². The molecule has 0 aliphatic heterocycles. The summed E-state index contributed by atoms with van der Waals surface area (Å²) < 4.78 is 15.9. The summed E-state index contributed by atoms with van der Waals surface area (Å²) >= 11 is 6.01. The zero-order valence-electron chi connectivity index (χ0n) is 16.2. The zero-order chi connectivity index (χ0) is 20.6. The molecule has 2 N–H and O–H groups in total. The van der Waals surface area contributed by atoms with Gasteiger partial charge in [0.25, 0.3) is 0 Å². The van der Waals surface area contributed by atoms with Crippen LogP contribution in [0.2, 0.25) is 5.02 Å². The third-order valence-electron chi connectivity index (χ3n) is 4.41. The lowest BCUT2D eigenvalue weighted by Gasteiger charge is -2.21. The molecule has 0 amide bonds. The molecule has 0 saturated carbocycles. The van der Waals surface area contributed by atoms with Crippen molar-refractivity contribution in [3.63, 3.8) is 0 Å². The van der Waals surface area contributed by atoms with Gasteiger partial charge in [-0.05, 0) is 35.9 Å². The summed E-state index contributed by atoms with van der Waals surface area (Å²) in [5, 5.41) is 20.2. The second-order valence-electron chi connectivity index (χ2n) is 6.28. The average Bonchev–Trinajstić information content (AvgIpc) is 3.27. The van der Waals surface area contributed by atoms with E-state index >= 15 is 0 Å². The van der Waals surface area contributed by atoms with Gasteiger partial charge in [0.2, 0.25) is 0 Å². The van der Waals surface area contributed by atoms with Gasteiger partial charge in [-0.25, -0.2) is 4.39 Å². The van der Waals surface area contributed by atoms with Crippen LogP contribution in [-0.4, -0.2) is 29.3 Å². The maximum Gasteiger partial charge on any atom is 0.191 e. The number of hydrogen-bond donors (Lipinski definition) is 2. The Hall–Kier alpha value is -2.64. The van der Waals surface area contributed by atoms with E-state index in [2.05, 4.69) is 20.7 Å². The minimum absolute atomic E-state index is 0. The number of rotatable bonds is 6. The number of aromatic nitrogens is 2. The van der Waals surface area contributed by atoms with E-state index in [0.717, 1.165) is 5.56 Å². The van der Waals surface area contributed by atoms with Crippen LogP contribution in [0, 0.1) is 17.1 Å². The second kappa shape index (κ2) is 11.5. The maximum absolute atomic E-state index is 14.1. The van der Waals surface area contributed by atoms with Crippen LogP contribution in [0.5, 0.6) is 0 Å². The first-order valence-electron chi connectivity index (χ1n) is 8.98. The first kappa shape index (κ1) is 23.6.